The lowest BCUT2D eigenvalue weighted by Gasteiger charge is -2.37. The predicted molar refractivity (Wildman–Crippen MR) is 131 cm³/mol. The Morgan fingerprint density at radius 2 is 1.59 bits per heavy atom. The van der Waals surface area contributed by atoms with Crippen LogP contribution in [-0.4, -0.2) is 15.3 Å². The summed E-state index contributed by atoms with van der Waals surface area (Å²) in [6.45, 7) is 2.02. The molecular formula is C25H19ClN4OS. The molecule has 5 rings (SSSR count). The van der Waals surface area contributed by atoms with Crippen molar-refractivity contribution < 1.29 is 4.52 Å². The second-order valence-electron chi connectivity index (χ2n) is 7.39. The maximum atomic E-state index is 6.13. The Balaban J connectivity index is 1.66. The maximum Gasteiger partial charge on any atom is 0.258 e. The third-order valence-corrected chi connectivity index (χ3v) is 5.94. The molecule has 0 amide bonds. The van der Waals surface area contributed by atoms with Crippen molar-refractivity contribution in [2.75, 3.05) is 4.90 Å². The molecule has 0 fully saturated rings. The molecule has 0 radical (unpaired) electrons. The van der Waals surface area contributed by atoms with E-state index in [0.29, 0.717) is 21.9 Å². The van der Waals surface area contributed by atoms with Crippen molar-refractivity contribution in [1.29, 1.82) is 0 Å². The summed E-state index contributed by atoms with van der Waals surface area (Å²) in [6.07, 6.45) is 0. The number of nitrogens with zero attached hydrogens (tertiary/aromatic N) is 3. The highest BCUT2D eigenvalue weighted by Crippen LogP contribution is 2.39. The van der Waals surface area contributed by atoms with Gasteiger partial charge < -0.3 is 9.84 Å². The van der Waals surface area contributed by atoms with E-state index in [0.717, 1.165) is 28.1 Å². The number of benzene rings is 3. The fraction of sp³-hybridized carbons (Fsp3) is 0.0800. The molecule has 5 nitrogen and oxygen atoms in total. The highest BCUT2D eigenvalue weighted by molar-refractivity contribution is 7.80. The number of thiocarbonyl (C=S) groups is 1. The first-order valence-electron chi connectivity index (χ1n) is 10.1. The molecule has 1 aromatic heterocycles. The molecule has 1 unspecified atom stereocenters. The zero-order chi connectivity index (χ0) is 22.1. The minimum absolute atomic E-state index is 0.260. The molecule has 4 aromatic rings. The van der Waals surface area contributed by atoms with Gasteiger partial charge in [-0.15, -0.1) is 0 Å². The molecule has 1 aliphatic heterocycles. The van der Waals surface area contributed by atoms with Gasteiger partial charge in [0, 0.05) is 22.0 Å². The molecule has 7 heteroatoms. The Labute approximate surface area is 196 Å². The molecule has 1 N–H and O–H groups in total. The van der Waals surface area contributed by atoms with Crippen LogP contribution in [0.15, 0.2) is 95.1 Å². The standard InChI is InChI=1S/C25H19ClN4OS/c1-16-21(24-28-23(29-31-24)18-8-4-2-5-9-18)22(17-12-14-19(26)15-13-17)27-25(32)30(16)20-10-6-3-7-11-20/h2-15,22H,1H3,(H,27,32). The number of nitrogens with one attached hydrogen (secondary N) is 1. The van der Waals surface area contributed by atoms with Crippen LogP contribution in [0.5, 0.6) is 0 Å². The Bertz CT molecular complexity index is 1290. The Kier molecular flexibility index (Phi) is 5.47. The minimum atomic E-state index is -0.260. The third kappa shape index (κ3) is 3.79. The topological polar surface area (TPSA) is 54.2 Å². The van der Waals surface area contributed by atoms with Gasteiger partial charge in [-0.3, -0.25) is 4.90 Å². The predicted octanol–water partition coefficient (Wildman–Crippen LogP) is 6.26. The summed E-state index contributed by atoms with van der Waals surface area (Å²) >= 11 is 11.9. The summed E-state index contributed by atoms with van der Waals surface area (Å²) in [5.41, 5.74) is 4.63. The van der Waals surface area contributed by atoms with Crippen LogP contribution in [-0.2, 0) is 0 Å². The second kappa shape index (κ2) is 8.57. The summed E-state index contributed by atoms with van der Waals surface area (Å²) in [5, 5.41) is 8.96. The first kappa shape index (κ1) is 20.4. The van der Waals surface area contributed by atoms with Gasteiger partial charge in [-0.25, -0.2) is 0 Å². The normalized spacial score (nSPS) is 16.2. The van der Waals surface area contributed by atoms with Crippen molar-refractivity contribution in [2.45, 2.75) is 13.0 Å². The highest BCUT2D eigenvalue weighted by Gasteiger charge is 2.34. The maximum absolute atomic E-state index is 6.13. The summed E-state index contributed by atoms with van der Waals surface area (Å²) < 4.78 is 5.77. The molecule has 1 aliphatic rings. The monoisotopic (exact) mass is 458 g/mol. The quantitative estimate of drug-likeness (QED) is 0.364. The average Bonchev–Trinajstić information content (AvgIpc) is 3.30. The van der Waals surface area contributed by atoms with E-state index in [2.05, 4.69) is 10.5 Å². The van der Waals surface area contributed by atoms with E-state index in [1.807, 2.05) is 96.8 Å². The van der Waals surface area contributed by atoms with Gasteiger partial charge in [-0.1, -0.05) is 77.4 Å². The van der Waals surface area contributed by atoms with E-state index in [-0.39, 0.29) is 6.04 Å². The lowest BCUT2D eigenvalue weighted by Crippen LogP contribution is -2.46. The molecule has 3 aromatic carbocycles. The fourth-order valence-electron chi connectivity index (χ4n) is 3.85. The number of allylic oxidation sites excluding steroid dienone is 1. The number of hydrogen-bond donors (Lipinski definition) is 1. The minimum Gasteiger partial charge on any atom is -0.351 e. The molecule has 158 valence electrons. The number of halogens is 1. The van der Waals surface area contributed by atoms with Gasteiger partial charge >= 0.3 is 0 Å². The van der Waals surface area contributed by atoms with Crippen molar-refractivity contribution >= 4 is 40.2 Å². The zero-order valence-electron chi connectivity index (χ0n) is 17.2. The van der Waals surface area contributed by atoms with Gasteiger partial charge in [0.05, 0.1) is 11.6 Å². The smallest absolute Gasteiger partial charge is 0.258 e. The van der Waals surface area contributed by atoms with E-state index in [1.165, 1.54) is 0 Å². The molecule has 2 heterocycles. The van der Waals surface area contributed by atoms with Crippen molar-refractivity contribution in [3.8, 4) is 11.4 Å². The number of hydrogen-bond acceptors (Lipinski definition) is 4. The van der Waals surface area contributed by atoms with E-state index in [4.69, 9.17) is 33.3 Å². The lowest BCUT2D eigenvalue weighted by atomic mass is 9.94. The molecule has 0 bridgehead atoms. The summed E-state index contributed by atoms with van der Waals surface area (Å²) in [6, 6.07) is 27.1. The third-order valence-electron chi connectivity index (χ3n) is 5.39. The molecule has 0 aliphatic carbocycles. The van der Waals surface area contributed by atoms with Crippen molar-refractivity contribution in [3.63, 3.8) is 0 Å². The van der Waals surface area contributed by atoms with E-state index in [1.54, 1.807) is 0 Å². The van der Waals surface area contributed by atoms with Gasteiger partial charge in [0.1, 0.15) is 0 Å². The molecule has 0 spiro atoms. The molecule has 32 heavy (non-hydrogen) atoms. The van der Waals surface area contributed by atoms with Crippen LogP contribution < -0.4 is 10.2 Å². The van der Waals surface area contributed by atoms with E-state index < -0.39 is 0 Å². The molecular weight excluding hydrogens is 440 g/mol. The first-order chi connectivity index (χ1) is 15.6. The van der Waals surface area contributed by atoms with Gasteiger partial charge in [0.2, 0.25) is 5.82 Å². The fourth-order valence-corrected chi connectivity index (χ4v) is 4.34. The summed E-state index contributed by atoms with van der Waals surface area (Å²) in [7, 11) is 0. The van der Waals surface area contributed by atoms with Gasteiger partial charge in [-0.2, -0.15) is 4.98 Å². The molecule has 0 saturated carbocycles. The van der Waals surface area contributed by atoms with Crippen LogP contribution in [0.2, 0.25) is 5.02 Å². The van der Waals surface area contributed by atoms with E-state index >= 15 is 0 Å². The van der Waals surface area contributed by atoms with Gasteiger partial charge in [0.15, 0.2) is 5.11 Å². The summed E-state index contributed by atoms with van der Waals surface area (Å²) in [5.74, 6) is 0.979. The van der Waals surface area contributed by atoms with Crippen LogP contribution in [0, 0.1) is 0 Å². The van der Waals surface area contributed by atoms with Crippen LogP contribution in [0.3, 0.4) is 0 Å². The Morgan fingerprint density at radius 3 is 2.28 bits per heavy atom. The lowest BCUT2D eigenvalue weighted by molar-refractivity contribution is 0.404. The average molecular weight is 459 g/mol. The first-order valence-corrected chi connectivity index (χ1v) is 10.9. The number of rotatable bonds is 4. The Hall–Kier alpha value is -3.48. The second-order valence-corrected chi connectivity index (χ2v) is 8.22. The largest absolute Gasteiger partial charge is 0.351 e. The number of anilines is 1. The van der Waals surface area contributed by atoms with Crippen LogP contribution >= 0.6 is 23.8 Å². The Morgan fingerprint density at radius 1 is 0.938 bits per heavy atom. The van der Waals surface area contributed by atoms with Crippen molar-refractivity contribution in [2.24, 2.45) is 0 Å². The zero-order valence-corrected chi connectivity index (χ0v) is 18.8. The SMILES string of the molecule is CC1=C(c2nc(-c3ccccc3)no2)C(c2ccc(Cl)cc2)NC(=S)N1c1ccccc1. The highest BCUT2D eigenvalue weighted by atomic mass is 35.5. The van der Waals surface area contributed by atoms with Crippen molar-refractivity contribution in [1.82, 2.24) is 15.5 Å². The number of para-hydroxylation sites is 1. The van der Waals surface area contributed by atoms with Gasteiger partial charge in [-0.05, 0) is 49.0 Å². The molecule has 0 saturated heterocycles. The van der Waals surface area contributed by atoms with E-state index in [9.17, 15) is 0 Å². The van der Waals surface area contributed by atoms with Crippen LogP contribution in [0.4, 0.5) is 5.69 Å². The van der Waals surface area contributed by atoms with Gasteiger partial charge in [0.25, 0.3) is 5.89 Å². The summed E-state index contributed by atoms with van der Waals surface area (Å²) in [4.78, 5) is 6.72. The van der Waals surface area contributed by atoms with Crippen LogP contribution in [0.1, 0.15) is 24.4 Å². The molecule has 1 atom stereocenters. The van der Waals surface area contributed by atoms with Crippen LogP contribution in [0.25, 0.3) is 17.0 Å². The van der Waals surface area contributed by atoms with Crippen molar-refractivity contribution in [3.05, 3.63) is 107 Å². The number of aromatic nitrogens is 2.